The van der Waals surface area contributed by atoms with Crippen molar-refractivity contribution in [1.82, 2.24) is 10.2 Å². The SMILES string of the molecule is O=C(NCc1ccc(F)c(-c2ccc(C(F)(F)F)cc2O)c1)C1CCCN1COCCc1cc2ccccc2o1. The second kappa shape index (κ2) is 11.7. The summed E-state index contributed by atoms with van der Waals surface area (Å²) in [5, 5.41) is 14.0. The predicted molar refractivity (Wildman–Crippen MR) is 141 cm³/mol. The summed E-state index contributed by atoms with van der Waals surface area (Å²) in [6.07, 6.45) is -2.50. The number of amides is 1. The molecule has 1 amide bonds. The Hall–Kier alpha value is -3.89. The lowest BCUT2D eigenvalue weighted by Gasteiger charge is -2.23. The number of phenols is 1. The van der Waals surface area contributed by atoms with E-state index in [0.29, 0.717) is 37.8 Å². The molecule has 0 spiro atoms. The topological polar surface area (TPSA) is 74.9 Å². The molecule has 10 heteroatoms. The quantitative estimate of drug-likeness (QED) is 0.188. The standard InChI is InChI=1S/C30H28F4N2O4/c31-25-10-7-19(14-24(25)23-9-8-21(16-27(23)37)30(32,33)34)17-35-29(38)26-5-3-12-36(26)18-39-13-11-22-15-20-4-1-2-6-28(20)40-22/h1-2,4,6-10,14-16,26,37H,3,5,11-13,17-18H2,(H,35,38). The predicted octanol–water partition coefficient (Wildman–Crippen LogP) is 6.26. The third-order valence-electron chi connectivity index (χ3n) is 7.01. The van der Waals surface area contributed by atoms with Crippen molar-refractivity contribution in [3.8, 4) is 16.9 Å². The van der Waals surface area contributed by atoms with Crippen LogP contribution in [-0.4, -0.2) is 41.8 Å². The number of phenolic OH excluding ortho intramolecular Hbond substituents is 1. The molecular weight excluding hydrogens is 528 g/mol. The van der Waals surface area contributed by atoms with Crippen molar-refractivity contribution < 1.29 is 36.6 Å². The molecule has 1 aromatic heterocycles. The first kappa shape index (κ1) is 27.7. The van der Waals surface area contributed by atoms with E-state index in [1.807, 2.05) is 35.2 Å². The Balaban J connectivity index is 1.15. The largest absolute Gasteiger partial charge is 0.507 e. The van der Waals surface area contributed by atoms with Crippen LogP contribution in [-0.2, 0) is 28.7 Å². The Labute approximate surface area is 228 Å². The highest BCUT2D eigenvalue weighted by Crippen LogP contribution is 2.37. The highest BCUT2D eigenvalue weighted by atomic mass is 19.4. The first-order chi connectivity index (χ1) is 19.2. The van der Waals surface area contributed by atoms with E-state index in [9.17, 15) is 27.5 Å². The zero-order valence-corrected chi connectivity index (χ0v) is 21.5. The summed E-state index contributed by atoms with van der Waals surface area (Å²) in [6, 6.07) is 15.8. The molecule has 6 nitrogen and oxygen atoms in total. The zero-order valence-electron chi connectivity index (χ0n) is 21.5. The van der Waals surface area contributed by atoms with Crippen molar-refractivity contribution in [3.05, 3.63) is 89.4 Å². The third kappa shape index (κ3) is 6.29. The monoisotopic (exact) mass is 556 g/mol. The Morgan fingerprint density at radius 3 is 2.67 bits per heavy atom. The highest BCUT2D eigenvalue weighted by molar-refractivity contribution is 5.82. The second-order valence-corrected chi connectivity index (χ2v) is 9.77. The molecule has 0 radical (unpaired) electrons. The first-order valence-corrected chi connectivity index (χ1v) is 12.9. The van der Waals surface area contributed by atoms with Crippen LogP contribution in [0.25, 0.3) is 22.1 Å². The number of likely N-dealkylation sites (tertiary alicyclic amines) is 1. The number of para-hydroxylation sites is 1. The van der Waals surface area contributed by atoms with Crippen LogP contribution in [0.1, 0.15) is 29.7 Å². The van der Waals surface area contributed by atoms with E-state index in [1.54, 1.807) is 0 Å². The molecule has 1 aliphatic rings. The summed E-state index contributed by atoms with van der Waals surface area (Å²) < 4.78 is 65.0. The van der Waals surface area contributed by atoms with Crippen molar-refractivity contribution in [2.45, 2.75) is 38.0 Å². The van der Waals surface area contributed by atoms with Gasteiger partial charge in [0.05, 0.1) is 24.9 Å². The molecule has 1 aliphatic heterocycles. The van der Waals surface area contributed by atoms with Gasteiger partial charge in [0.15, 0.2) is 0 Å². The number of halogens is 4. The normalized spacial score (nSPS) is 16.1. The Morgan fingerprint density at radius 1 is 1.07 bits per heavy atom. The van der Waals surface area contributed by atoms with Crippen molar-refractivity contribution >= 4 is 16.9 Å². The van der Waals surface area contributed by atoms with E-state index in [2.05, 4.69) is 5.32 Å². The zero-order chi connectivity index (χ0) is 28.3. The second-order valence-electron chi connectivity index (χ2n) is 9.77. The fourth-order valence-electron chi connectivity index (χ4n) is 4.92. The van der Waals surface area contributed by atoms with Crippen LogP contribution in [0, 0.1) is 5.82 Å². The van der Waals surface area contributed by atoms with Gasteiger partial charge in [-0.3, -0.25) is 9.69 Å². The maximum Gasteiger partial charge on any atom is 0.416 e. The molecule has 210 valence electrons. The van der Waals surface area contributed by atoms with Gasteiger partial charge in [-0.1, -0.05) is 24.3 Å². The van der Waals surface area contributed by atoms with Crippen molar-refractivity contribution in [2.24, 2.45) is 0 Å². The molecule has 1 atom stereocenters. The van der Waals surface area contributed by atoms with Crippen LogP contribution < -0.4 is 5.32 Å². The lowest BCUT2D eigenvalue weighted by atomic mass is 9.99. The van der Waals surface area contributed by atoms with Gasteiger partial charge in [-0.05, 0) is 60.9 Å². The van der Waals surface area contributed by atoms with Gasteiger partial charge in [0.2, 0.25) is 5.91 Å². The van der Waals surface area contributed by atoms with Gasteiger partial charge in [0.25, 0.3) is 0 Å². The number of nitrogens with zero attached hydrogens (tertiary/aromatic N) is 1. The highest BCUT2D eigenvalue weighted by Gasteiger charge is 2.32. The minimum atomic E-state index is -4.63. The van der Waals surface area contributed by atoms with E-state index >= 15 is 0 Å². The molecule has 1 fully saturated rings. The van der Waals surface area contributed by atoms with Gasteiger partial charge >= 0.3 is 6.18 Å². The number of furan rings is 1. The molecule has 1 unspecified atom stereocenters. The van der Waals surface area contributed by atoms with Crippen LogP contribution >= 0.6 is 0 Å². The lowest BCUT2D eigenvalue weighted by molar-refractivity contribution is -0.137. The summed E-state index contributed by atoms with van der Waals surface area (Å²) in [5.74, 6) is -0.745. The number of nitrogens with one attached hydrogen (secondary N) is 1. The molecule has 3 aromatic carbocycles. The summed E-state index contributed by atoms with van der Waals surface area (Å²) in [4.78, 5) is 14.9. The van der Waals surface area contributed by atoms with Crippen LogP contribution in [0.15, 0.2) is 71.1 Å². The van der Waals surface area contributed by atoms with Gasteiger partial charge in [-0.25, -0.2) is 4.39 Å². The number of ether oxygens (including phenoxy) is 1. The minimum Gasteiger partial charge on any atom is -0.507 e. The van der Waals surface area contributed by atoms with E-state index in [-0.39, 0.29) is 29.6 Å². The first-order valence-electron chi connectivity index (χ1n) is 12.9. The molecule has 0 bridgehead atoms. The molecule has 2 heterocycles. The third-order valence-corrected chi connectivity index (χ3v) is 7.01. The van der Waals surface area contributed by atoms with E-state index in [4.69, 9.17) is 9.15 Å². The van der Waals surface area contributed by atoms with Crippen molar-refractivity contribution in [1.29, 1.82) is 0 Å². The molecule has 5 rings (SSSR count). The number of carbonyl (C=O) groups excluding carboxylic acids is 1. The number of fused-ring (bicyclic) bond motifs is 1. The number of hydrogen-bond donors (Lipinski definition) is 2. The molecule has 2 N–H and O–H groups in total. The molecule has 40 heavy (non-hydrogen) atoms. The fourth-order valence-corrected chi connectivity index (χ4v) is 4.92. The maximum atomic E-state index is 14.5. The smallest absolute Gasteiger partial charge is 0.416 e. The van der Waals surface area contributed by atoms with Gasteiger partial charge in [-0.2, -0.15) is 13.2 Å². The van der Waals surface area contributed by atoms with Crippen LogP contribution in [0.3, 0.4) is 0 Å². The fraction of sp³-hybridized carbons (Fsp3) is 0.300. The van der Waals surface area contributed by atoms with Crippen molar-refractivity contribution in [3.63, 3.8) is 0 Å². The van der Waals surface area contributed by atoms with Gasteiger partial charge in [0, 0.05) is 36.0 Å². The number of carbonyl (C=O) groups is 1. The maximum absolute atomic E-state index is 14.5. The summed E-state index contributed by atoms with van der Waals surface area (Å²) in [7, 11) is 0. The molecule has 0 saturated carbocycles. The number of hydrogen-bond acceptors (Lipinski definition) is 5. The van der Waals surface area contributed by atoms with Crippen LogP contribution in [0.5, 0.6) is 5.75 Å². The lowest BCUT2D eigenvalue weighted by Crippen LogP contribution is -2.43. The number of alkyl halides is 3. The van der Waals surface area contributed by atoms with Crippen LogP contribution in [0.2, 0.25) is 0 Å². The Bertz CT molecular complexity index is 1470. The van der Waals surface area contributed by atoms with E-state index < -0.39 is 23.3 Å². The summed E-state index contributed by atoms with van der Waals surface area (Å²) in [5.41, 5.74) is 0.213. The number of benzene rings is 3. The average Bonchev–Trinajstić information content (AvgIpc) is 3.57. The molecule has 0 aliphatic carbocycles. The Morgan fingerprint density at radius 2 is 1.90 bits per heavy atom. The van der Waals surface area contributed by atoms with Gasteiger partial charge < -0.3 is 19.6 Å². The number of aromatic hydroxyl groups is 1. The van der Waals surface area contributed by atoms with Crippen molar-refractivity contribution in [2.75, 3.05) is 19.9 Å². The van der Waals surface area contributed by atoms with Crippen LogP contribution in [0.4, 0.5) is 17.6 Å². The summed E-state index contributed by atoms with van der Waals surface area (Å²) in [6.45, 7) is 1.55. The number of rotatable bonds is 9. The molecule has 1 saturated heterocycles. The average molecular weight is 557 g/mol. The summed E-state index contributed by atoms with van der Waals surface area (Å²) >= 11 is 0. The van der Waals surface area contributed by atoms with Gasteiger partial charge in [0.1, 0.15) is 22.9 Å². The molecule has 4 aromatic rings. The minimum absolute atomic E-state index is 0.0571. The van der Waals surface area contributed by atoms with E-state index in [0.717, 1.165) is 47.9 Å². The molecular formula is C30H28F4N2O4. The Kier molecular flexibility index (Phi) is 8.09. The van der Waals surface area contributed by atoms with E-state index in [1.165, 1.54) is 12.1 Å². The van der Waals surface area contributed by atoms with Gasteiger partial charge in [-0.15, -0.1) is 0 Å².